The predicted molar refractivity (Wildman–Crippen MR) is 81.6 cm³/mol. The average Bonchev–Trinajstić information content (AvgIpc) is 2.42. The Balaban J connectivity index is 2.39. The molecule has 0 unspecified atom stereocenters. The van der Waals surface area contributed by atoms with Crippen LogP contribution in [0.25, 0.3) is 0 Å². The van der Waals surface area contributed by atoms with Crippen molar-refractivity contribution in [2.75, 3.05) is 51.4 Å². The highest BCUT2D eigenvalue weighted by Crippen LogP contribution is 2.28. The Morgan fingerprint density at radius 3 is 2.48 bits per heavy atom. The first-order chi connectivity index (χ1) is 9.73. The summed E-state index contributed by atoms with van der Waals surface area (Å²) in [5, 5.41) is 0. The molecule has 1 heterocycles. The maximum absolute atomic E-state index is 12.2. The Hall–Kier alpha value is -1.80. The highest BCUT2D eigenvalue weighted by molar-refractivity contribution is 7.89. The maximum atomic E-state index is 12.2. The largest absolute Gasteiger partial charge is 0.397 e. The van der Waals surface area contributed by atoms with Crippen molar-refractivity contribution in [1.29, 1.82) is 0 Å². The lowest BCUT2D eigenvalue weighted by Crippen LogP contribution is -2.48. The summed E-state index contributed by atoms with van der Waals surface area (Å²) < 4.78 is 25.5. The predicted octanol–water partition coefficient (Wildman–Crippen LogP) is -0.202. The number of carbonyl (C=O) groups is 1. The summed E-state index contributed by atoms with van der Waals surface area (Å²) >= 11 is 0. The number of piperazine rings is 1. The van der Waals surface area contributed by atoms with Gasteiger partial charge in [0.2, 0.25) is 15.9 Å². The van der Waals surface area contributed by atoms with E-state index in [1.165, 1.54) is 26.2 Å². The molecule has 0 radical (unpaired) electrons. The van der Waals surface area contributed by atoms with Gasteiger partial charge in [0.05, 0.1) is 22.8 Å². The molecule has 116 valence electrons. The van der Waals surface area contributed by atoms with Crippen LogP contribution in [0, 0.1) is 0 Å². The SMILES string of the molecule is CN1CCN(c2cc(S(=O)(=O)N(C)C)ccc2N)CC1=O. The quantitative estimate of drug-likeness (QED) is 0.781. The van der Waals surface area contributed by atoms with Crippen molar-refractivity contribution in [1.82, 2.24) is 9.21 Å². The fourth-order valence-corrected chi connectivity index (χ4v) is 3.05. The third-order valence-corrected chi connectivity index (χ3v) is 5.39. The molecule has 7 nitrogen and oxygen atoms in total. The standard InChI is InChI=1S/C13H20N4O3S/c1-15(2)21(19,20)10-4-5-11(14)12(8-10)17-7-6-16(3)13(18)9-17/h4-5,8H,6-7,9,14H2,1-3H3. The Morgan fingerprint density at radius 1 is 1.24 bits per heavy atom. The molecule has 0 atom stereocenters. The van der Waals surface area contributed by atoms with Gasteiger partial charge in [0.1, 0.15) is 0 Å². The van der Waals surface area contributed by atoms with Crippen molar-refractivity contribution in [2.24, 2.45) is 0 Å². The molecule has 0 aliphatic carbocycles. The van der Waals surface area contributed by atoms with Crippen molar-refractivity contribution < 1.29 is 13.2 Å². The van der Waals surface area contributed by atoms with Crippen LogP contribution in [-0.4, -0.2) is 64.3 Å². The second-order valence-electron chi connectivity index (χ2n) is 5.24. The molecule has 2 N–H and O–H groups in total. The number of nitrogens with two attached hydrogens (primary N) is 1. The first-order valence-electron chi connectivity index (χ1n) is 6.54. The molecule has 1 aliphatic heterocycles. The average molecular weight is 312 g/mol. The minimum absolute atomic E-state index is 0.0125. The number of hydrogen-bond donors (Lipinski definition) is 1. The van der Waals surface area contributed by atoms with Crippen molar-refractivity contribution in [3.63, 3.8) is 0 Å². The lowest BCUT2D eigenvalue weighted by atomic mass is 10.2. The Bertz CT molecular complexity index is 657. The number of nitrogens with zero attached hydrogens (tertiary/aromatic N) is 3. The molecule has 0 spiro atoms. The summed E-state index contributed by atoms with van der Waals surface area (Å²) in [5.41, 5.74) is 6.99. The van der Waals surface area contributed by atoms with Crippen LogP contribution in [0.1, 0.15) is 0 Å². The van der Waals surface area contributed by atoms with Gasteiger partial charge in [-0.05, 0) is 18.2 Å². The van der Waals surface area contributed by atoms with Crippen molar-refractivity contribution in [3.8, 4) is 0 Å². The molecule has 1 amide bonds. The van der Waals surface area contributed by atoms with E-state index in [-0.39, 0.29) is 17.3 Å². The van der Waals surface area contributed by atoms with E-state index in [0.717, 1.165) is 4.31 Å². The summed E-state index contributed by atoms with van der Waals surface area (Å²) in [5.74, 6) is -0.0125. The van der Waals surface area contributed by atoms with E-state index < -0.39 is 10.0 Å². The smallest absolute Gasteiger partial charge is 0.242 e. The lowest BCUT2D eigenvalue weighted by Gasteiger charge is -2.34. The van der Waals surface area contributed by atoms with E-state index in [0.29, 0.717) is 24.5 Å². The van der Waals surface area contributed by atoms with Crippen molar-refractivity contribution >= 4 is 27.3 Å². The number of carbonyl (C=O) groups excluding carboxylic acids is 1. The molecule has 0 saturated carbocycles. The number of hydrogen-bond acceptors (Lipinski definition) is 5. The molecule has 1 fully saturated rings. The maximum Gasteiger partial charge on any atom is 0.242 e. The molecule has 21 heavy (non-hydrogen) atoms. The summed E-state index contributed by atoms with van der Waals surface area (Å²) in [6, 6.07) is 4.57. The Kier molecular flexibility index (Phi) is 4.11. The summed E-state index contributed by atoms with van der Waals surface area (Å²) in [6.07, 6.45) is 0. The van der Waals surface area contributed by atoms with Crippen LogP contribution < -0.4 is 10.6 Å². The number of rotatable bonds is 3. The zero-order chi connectivity index (χ0) is 15.8. The van der Waals surface area contributed by atoms with Crippen LogP contribution in [0.5, 0.6) is 0 Å². The second-order valence-corrected chi connectivity index (χ2v) is 7.40. The number of benzene rings is 1. The van der Waals surface area contributed by atoms with E-state index in [2.05, 4.69) is 0 Å². The molecule has 0 bridgehead atoms. The van der Waals surface area contributed by atoms with Crippen LogP contribution in [0.2, 0.25) is 0 Å². The molecule has 1 aromatic carbocycles. The molecule has 1 aromatic rings. The van der Waals surface area contributed by atoms with Gasteiger partial charge in [-0.15, -0.1) is 0 Å². The number of anilines is 2. The first kappa shape index (κ1) is 15.6. The van der Waals surface area contributed by atoms with E-state index in [1.54, 1.807) is 18.0 Å². The van der Waals surface area contributed by atoms with Crippen molar-refractivity contribution in [2.45, 2.75) is 4.90 Å². The van der Waals surface area contributed by atoms with E-state index in [4.69, 9.17) is 5.73 Å². The van der Waals surface area contributed by atoms with Gasteiger partial charge in [0, 0.05) is 34.2 Å². The number of amides is 1. The van der Waals surface area contributed by atoms with Crippen LogP contribution in [0.15, 0.2) is 23.1 Å². The number of nitrogen functional groups attached to an aromatic ring is 1. The Morgan fingerprint density at radius 2 is 1.90 bits per heavy atom. The number of likely N-dealkylation sites (N-methyl/N-ethyl adjacent to an activating group) is 1. The molecule has 8 heteroatoms. The summed E-state index contributed by atoms with van der Waals surface area (Å²) in [6.45, 7) is 1.41. The zero-order valence-electron chi connectivity index (χ0n) is 12.4. The molecule has 2 rings (SSSR count). The number of sulfonamides is 1. The van der Waals surface area contributed by atoms with Crippen LogP contribution >= 0.6 is 0 Å². The van der Waals surface area contributed by atoms with Crippen LogP contribution in [0.3, 0.4) is 0 Å². The van der Waals surface area contributed by atoms with Gasteiger partial charge >= 0.3 is 0 Å². The van der Waals surface area contributed by atoms with Gasteiger partial charge in [0.15, 0.2) is 0 Å². The molecule has 1 saturated heterocycles. The van der Waals surface area contributed by atoms with Gasteiger partial charge in [0.25, 0.3) is 0 Å². The normalized spacial score (nSPS) is 16.7. The summed E-state index contributed by atoms with van der Waals surface area (Å²) in [7, 11) is 1.18. The second kappa shape index (κ2) is 5.53. The summed E-state index contributed by atoms with van der Waals surface area (Å²) in [4.78, 5) is 15.4. The van der Waals surface area contributed by atoms with Crippen LogP contribution in [-0.2, 0) is 14.8 Å². The van der Waals surface area contributed by atoms with Gasteiger partial charge in [-0.1, -0.05) is 0 Å². The molecular weight excluding hydrogens is 292 g/mol. The highest BCUT2D eigenvalue weighted by atomic mass is 32.2. The monoisotopic (exact) mass is 312 g/mol. The van der Waals surface area contributed by atoms with Crippen molar-refractivity contribution in [3.05, 3.63) is 18.2 Å². The minimum atomic E-state index is -3.52. The fraction of sp³-hybridized carbons (Fsp3) is 0.462. The van der Waals surface area contributed by atoms with E-state index in [1.807, 2.05) is 4.90 Å². The first-order valence-corrected chi connectivity index (χ1v) is 7.98. The van der Waals surface area contributed by atoms with Crippen LogP contribution in [0.4, 0.5) is 11.4 Å². The topological polar surface area (TPSA) is 87.0 Å². The molecule has 0 aromatic heterocycles. The third-order valence-electron chi connectivity index (χ3n) is 3.58. The fourth-order valence-electron chi connectivity index (χ4n) is 2.13. The third kappa shape index (κ3) is 2.96. The molecule has 1 aliphatic rings. The zero-order valence-corrected chi connectivity index (χ0v) is 13.2. The molecular formula is C13H20N4O3S. The van der Waals surface area contributed by atoms with Gasteiger partial charge < -0.3 is 15.5 Å². The Labute approximate surface area is 125 Å². The van der Waals surface area contributed by atoms with Gasteiger partial charge in [-0.2, -0.15) is 0 Å². The van der Waals surface area contributed by atoms with E-state index in [9.17, 15) is 13.2 Å². The van der Waals surface area contributed by atoms with Gasteiger partial charge in [-0.25, -0.2) is 12.7 Å². The van der Waals surface area contributed by atoms with Gasteiger partial charge in [-0.3, -0.25) is 4.79 Å². The highest BCUT2D eigenvalue weighted by Gasteiger charge is 2.25. The lowest BCUT2D eigenvalue weighted by molar-refractivity contribution is -0.129. The minimum Gasteiger partial charge on any atom is -0.397 e. The van der Waals surface area contributed by atoms with E-state index >= 15 is 0 Å².